The SMILES string of the molecule is CCCCCCCCCCCCCCCC[n+]1ccccc1.O=C(OOC(=O)c1ccccc1)c1ccccc1.[Cl-]. The van der Waals surface area contributed by atoms with E-state index in [2.05, 4.69) is 51.9 Å². The number of halogens is 1. The zero-order chi connectivity index (χ0) is 28.5. The van der Waals surface area contributed by atoms with Crippen LogP contribution >= 0.6 is 0 Å². The number of aromatic nitrogens is 1. The molecule has 41 heavy (non-hydrogen) atoms. The first-order valence-corrected chi connectivity index (χ1v) is 15.2. The van der Waals surface area contributed by atoms with Gasteiger partial charge >= 0.3 is 11.9 Å². The summed E-state index contributed by atoms with van der Waals surface area (Å²) in [6, 6.07) is 22.9. The van der Waals surface area contributed by atoms with E-state index in [1.54, 1.807) is 60.7 Å². The van der Waals surface area contributed by atoms with Gasteiger partial charge in [0, 0.05) is 18.6 Å². The Morgan fingerprint density at radius 2 is 0.854 bits per heavy atom. The molecule has 0 amide bonds. The molecule has 0 bridgehead atoms. The molecule has 1 aromatic heterocycles. The maximum atomic E-state index is 11.5. The maximum Gasteiger partial charge on any atom is 0.386 e. The number of pyridine rings is 1. The highest BCUT2D eigenvalue weighted by atomic mass is 35.5. The minimum atomic E-state index is -0.708. The molecule has 6 heteroatoms. The molecule has 5 nitrogen and oxygen atoms in total. The molecular weight excluding hydrogens is 534 g/mol. The Bertz CT molecular complexity index is 980. The van der Waals surface area contributed by atoms with Crippen LogP contribution in [0.15, 0.2) is 91.3 Å². The van der Waals surface area contributed by atoms with Gasteiger partial charge in [0.2, 0.25) is 0 Å². The normalized spacial score (nSPS) is 10.1. The van der Waals surface area contributed by atoms with Crippen LogP contribution in [0.2, 0.25) is 0 Å². The summed E-state index contributed by atoms with van der Waals surface area (Å²) in [6.45, 7) is 3.47. The van der Waals surface area contributed by atoms with E-state index in [1.807, 2.05) is 0 Å². The summed E-state index contributed by atoms with van der Waals surface area (Å²) in [5.74, 6) is -1.42. The molecule has 224 valence electrons. The lowest BCUT2D eigenvalue weighted by Crippen LogP contribution is -3.00. The largest absolute Gasteiger partial charge is 1.00 e. The molecule has 2 aromatic carbocycles. The number of nitrogens with zero attached hydrogens (tertiary/aromatic N) is 1. The van der Waals surface area contributed by atoms with Crippen LogP contribution < -0.4 is 17.0 Å². The van der Waals surface area contributed by atoms with Gasteiger partial charge in [0.1, 0.15) is 6.54 Å². The van der Waals surface area contributed by atoms with Crippen molar-refractivity contribution >= 4 is 11.9 Å². The summed E-state index contributed by atoms with van der Waals surface area (Å²) < 4.78 is 2.29. The molecule has 3 aromatic rings. The van der Waals surface area contributed by atoms with Gasteiger partial charge in [-0.25, -0.2) is 23.9 Å². The van der Waals surface area contributed by atoms with Crippen molar-refractivity contribution < 1.29 is 36.3 Å². The monoisotopic (exact) mass is 581 g/mol. The van der Waals surface area contributed by atoms with Crippen molar-refractivity contribution in [1.29, 1.82) is 0 Å². The average molecular weight is 582 g/mol. The van der Waals surface area contributed by atoms with Crippen LogP contribution in [0.25, 0.3) is 0 Å². The Morgan fingerprint density at radius 1 is 0.512 bits per heavy atom. The first-order valence-electron chi connectivity index (χ1n) is 15.2. The van der Waals surface area contributed by atoms with E-state index >= 15 is 0 Å². The third-order valence-corrected chi connectivity index (χ3v) is 6.76. The Labute approximate surface area is 253 Å². The molecule has 0 fully saturated rings. The minimum Gasteiger partial charge on any atom is -1.00 e. The Kier molecular flexibility index (Phi) is 21.5. The summed E-state index contributed by atoms with van der Waals surface area (Å²) in [5.41, 5.74) is 0.636. The fraction of sp³-hybridized carbons (Fsp3) is 0.457. The molecule has 0 aliphatic heterocycles. The smallest absolute Gasteiger partial charge is 0.386 e. The molecule has 0 spiro atoms. The predicted octanol–water partition coefficient (Wildman–Crippen LogP) is 6.07. The highest BCUT2D eigenvalue weighted by molar-refractivity contribution is 5.92. The van der Waals surface area contributed by atoms with Crippen molar-refractivity contribution in [2.45, 2.75) is 103 Å². The molecule has 0 saturated carbocycles. The van der Waals surface area contributed by atoms with Gasteiger partial charge in [0.05, 0.1) is 11.1 Å². The number of hydrogen-bond acceptors (Lipinski definition) is 4. The Morgan fingerprint density at radius 3 is 1.24 bits per heavy atom. The van der Waals surface area contributed by atoms with Gasteiger partial charge in [-0.2, -0.15) is 0 Å². The fourth-order valence-corrected chi connectivity index (χ4v) is 4.39. The van der Waals surface area contributed by atoms with Crippen LogP contribution in [0.3, 0.4) is 0 Å². The van der Waals surface area contributed by atoms with Crippen LogP contribution in [0.4, 0.5) is 0 Å². The molecule has 0 unspecified atom stereocenters. The summed E-state index contributed by atoms with van der Waals surface area (Å²) in [5, 5.41) is 0. The van der Waals surface area contributed by atoms with Crippen molar-refractivity contribution in [3.05, 3.63) is 102 Å². The molecular formula is C35H48ClNO4. The zero-order valence-corrected chi connectivity index (χ0v) is 25.5. The number of unbranched alkanes of at least 4 members (excludes halogenated alkanes) is 13. The van der Waals surface area contributed by atoms with E-state index in [-0.39, 0.29) is 12.4 Å². The summed E-state index contributed by atoms with van der Waals surface area (Å²) >= 11 is 0. The Hall–Kier alpha value is -3.18. The molecule has 1 heterocycles. The van der Waals surface area contributed by atoms with E-state index in [0.29, 0.717) is 11.1 Å². The third-order valence-electron chi connectivity index (χ3n) is 6.76. The van der Waals surface area contributed by atoms with Gasteiger partial charge < -0.3 is 12.4 Å². The average Bonchev–Trinajstić information content (AvgIpc) is 3.01. The number of hydrogen-bond donors (Lipinski definition) is 0. The first kappa shape index (κ1) is 35.8. The predicted molar refractivity (Wildman–Crippen MR) is 161 cm³/mol. The molecule has 0 N–H and O–H groups in total. The second kappa shape index (κ2) is 24.6. The van der Waals surface area contributed by atoms with Gasteiger partial charge in [0.25, 0.3) is 0 Å². The topological polar surface area (TPSA) is 56.5 Å². The standard InChI is InChI=1S/C21H38N.C14H10O4.ClH/c1-2-3-4-5-6-7-8-9-10-11-12-13-14-16-19-22-20-17-15-18-21-22;15-13(11-7-3-1-4-8-11)17-18-14(16)12-9-5-2-6-10-12;/h15,17-18,20-21H,2-14,16,19H2,1H3;1-10H;1H/q+1;;/p-1. The van der Waals surface area contributed by atoms with E-state index in [0.717, 1.165) is 0 Å². The highest BCUT2D eigenvalue weighted by Crippen LogP contribution is 2.13. The van der Waals surface area contributed by atoms with E-state index in [9.17, 15) is 9.59 Å². The Balaban J connectivity index is 0.000000407. The van der Waals surface area contributed by atoms with Crippen LogP contribution in [0.1, 0.15) is 118 Å². The van der Waals surface area contributed by atoms with Crippen LogP contribution in [-0.4, -0.2) is 11.9 Å². The van der Waals surface area contributed by atoms with Crippen LogP contribution in [-0.2, 0) is 16.3 Å². The van der Waals surface area contributed by atoms with E-state index in [1.165, 1.54) is 96.4 Å². The van der Waals surface area contributed by atoms with E-state index < -0.39 is 11.9 Å². The fourth-order valence-electron chi connectivity index (χ4n) is 4.39. The second-order valence-electron chi connectivity index (χ2n) is 10.2. The van der Waals surface area contributed by atoms with Crippen LogP contribution in [0, 0.1) is 0 Å². The first-order chi connectivity index (χ1) is 19.7. The van der Waals surface area contributed by atoms with Gasteiger partial charge in [-0.3, -0.25) is 0 Å². The van der Waals surface area contributed by atoms with Crippen molar-refractivity contribution in [3.8, 4) is 0 Å². The van der Waals surface area contributed by atoms with Gasteiger partial charge in [-0.1, -0.05) is 126 Å². The van der Waals surface area contributed by atoms with Crippen molar-refractivity contribution in [2.24, 2.45) is 0 Å². The van der Waals surface area contributed by atoms with Crippen molar-refractivity contribution in [3.63, 3.8) is 0 Å². The molecule has 0 saturated heterocycles. The zero-order valence-electron chi connectivity index (χ0n) is 24.7. The summed E-state index contributed by atoms with van der Waals surface area (Å²) in [6.07, 6.45) is 24.4. The molecule has 0 radical (unpaired) electrons. The lowest BCUT2D eigenvalue weighted by atomic mass is 10.0. The van der Waals surface area contributed by atoms with Crippen molar-refractivity contribution in [1.82, 2.24) is 0 Å². The molecule has 0 atom stereocenters. The summed E-state index contributed by atoms with van der Waals surface area (Å²) in [4.78, 5) is 31.9. The molecule has 3 rings (SSSR count). The maximum absolute atomic E-state index is 11.5. The van der Waals surface area contributed by atoms with Gasteiger partial charge in [-0.15, -0.1) is 0 Å². The number of carbonyl (C=O) groups is 2. The van der Waals surface area contributed by atoms with Crippen molar-refractivity contribution in [2.75, 3.05) is 0 Å². The molecule has 0 aliphatic carbocycles. The number of benzene rings is 2. The third kappa shape index (κ3) is 18.0. The highest BCUT2D eigenvalue weighted by Gasteiger charge is 2.13. The lowest BCUT2D eigenvalue weighted by molar-refractivity contribution is -0.697. The van der Waals surface area contributed by atoms with Gasteiger partial charge in [0.15, 0.2) is 12.4 Å². The minimum absolute atomic E-state index is 0. The quantitative estimate of drug-likeness (QED) is 0.0839. The molecule has 0 aliphatic rings. The van der Waals surface area contributed by atoms with Crippen LogP contribution in [0.5, 0.6) is 0 Å². The number of carbonyl (C=O) groups excluding carboxylic acids is 2. The summed E-state index contributed by atoms with van der Waals surface area (Å²) in [7, 11) is 0. The number of rotatable bonds is 17. The lowest BCUT2D eigenvalue weighted by Gasteiger charge is -2.02. The number of aryl methyl sites for hydroxylation is 1. The van der Waals surface area contributed by atoms with E-state index in [4.69, 9.17) is 0 Å². The second-order valence-corrected chi connectivity index (χ2v) is 10.2. The van der Waals surface area contributed by atoms with Gasteiger partial charge in [-0.05, 0) is 30.7 Å².